The molecule has 0 bridgehead atoms. The molecule has 0 amide bonds. The van der Waals surface area contributed by atoms with E-state index in [1.807, 2.05) is 45.0 Å². The maximum atomic E-state index is 10.1. The van der Waals surface area contributed by atoms with Gasteiger partial charge >= 0.3 is 0 Å². The lowest BCUT2D eigenvalue weighted by atomic mass is 9.98. The smallest absolute Gasteiger partial charge is 0.120 e. The van der Waals surface area contributed by atoms with E-state index in [1.54, 1.807) is 7.11 Å². The van der Waals surface area contributed by atoms with E-state index in [-0.39, 0.29) is 12.0 Å². The molecule has 96 valence electrons. The van der Waals surface area contributed by atoms with Crippen molar-refractivity contribution < 1.29 is 14.6 Å². The van der Waals surface area contributed by atoms with E-state index in [4.69, 9.17) is 9.47 Å². The Hall–Kier alpha value is -1.06. The van der Waals surface area contributed by atoms with Crippen LogP contribution in [0.25, 0.3) is 0 Å². The lowest BCUT2D eigenvalue weighted by molar-refractivity contribution is 0.0564. The first-order valence-electron chi connectivity index (χ1n) is 5.98. The fraction of sp³-hybridized carbons (Fsp3) is 0.571. The van der Waals surface area contributed by atoms with Gasteiger partial charge in [0.1, 0.15) is 5.75 Å². The van der Waals surface area contributed by atoms with Crippen molar-refractivity contribution in [2.24, 2.45) is 5.92 Å². The van der Waals surface area contributed by atoms with Crippen molar-refractivity contribution in [3.05, 3.63) is 29.8 Å². The minimum atomic E-state index is -0.523. The van der Waals surface area contributed by atoms with E-state index in [0.29, 0.717) is 6.61 Å². The molecule has 2 atom stereocenters. The van der Waals surface area contributed by atoms with Crippen molar-refractivity contribution in [3.63, 3.8) is 0 Å². The van der Waals surface area contributed by atoms with E-state index < -0.39 is 6.10 Å². The largest absolute Gasteiger partial charge is 0.491 e. The van der Waals surface area contributed by atoms with Crippen LogP contribution in [0.1, 0.15) is 32.4 Å². The zero-order valence-corrected chi connectivity index (χ0v) is 11.0. The number of aliphatic hydroxyl groups is 1. The molecule has 3 nitrogen and oxygen atoms in total. The van der Waals surface area contributed by atoms with Crippen LogP contribution < -0.4 is 4.74 Å². The minimum absolute atomic E-state index is 0.0642. The summed E-state index contributed by atoms with van der Waals surface area (Å²) in [6.45, 7) is 6.47. The molecule has 1 rings (SSSR count). The van der Waals surface area contributed by atoms with E-state index in [2.05, 4.69) is 0 Å². The summed E-state index contributed by atoms with van der Waals surface area (Å²) < 4.78 is 10.7. The number of benzene rings is 1. The second-order valence-corrected chi connectivity index (χ2v) is 4.62. The van der Waals surface area contributed by atoms with Crippen LogP contribution in [0.4, 0.5) is 0 Å². The molecule has 0 aromatic heterocycles. The lowest BCUT2D eigenvalue weighted by Gasteiger charge is -2.19. The summed E-state index contributed by atoms with van der Waals surface area (Å²) in [5.74, 6) is 0.857. The van der Waals surface area contributed by atoms with Crippen LogP contribution >= 0.6 is 0 Å². The molecule has 0 aliphatic heterocycles. The van der Waals surface area contributed by atoms with E-state index in [9.17, 15) is 5.11 Å². The average molecular weight is 238 g/mol. The van der Waals surface area contributed by atoms with Crippen LogP contribution in [0, 0.1) is 5.92 Å². The topological polar surface area (TPSA) is 38.7 Å². The third kappa shape index (κ3) is 4.36. The minimum Gasteiger partial charge on any atom is -0.491 e. The Morgan fingerprint density at radius 2 is 1.94 bits per heavy atom. The van der Waals surface area contributed by atoms with Gasteiger partial charge in [-0.25, -0.2) is 0 Å². The fourth-order valence-electron chi connectivity index (χ4n) is 1.73. The molecule has 0 spiro atoms. The summed E-state index contributed by atoms with van der Waals surface area (Å²) in [6, 6.07) is 7.59. The number of aliphatic hydroxyl groups excluding tert-OH is 1. The van der Waals surface area contributed by atoms with Gasteiger partial charge in [0.15, 0.2) is 0 Å². The van der Waals surface area contributed by atoms with Gasteiger partial charge in [0.2, 0.25) is 0 Å². The quantitative estimate of drug-likeness (QED) is 0.828. The highest BCUT2D eigenvalue weighted by molar-refractivity contribution is 5.30. The number of methoxy groups -OCH3 is 1. The number of hydrogen-bond donors (Lipinski definition) is 1. The maximum absolute atomic E-state index is 10.1. The Labute approximate surface area is 103 Å². The van der Waals surface area contributed by atoms with E-state index in [1.165, 1.54) is 0 Å². The summed E-state index contributed by atoms with van der Waals surface area (Å²) in [7, 11) is 1.64. The van der Waals surface area contributed by atoms with Gasteiger partial charge in [-0.05, 0) is 31.5 Å². The van der Waals surface area contributed by atoms with Gasteiger partial charge in [-0.15, -0.1) is 0 Å². The second kappa shape index (κ2) is 6.62. The van der Waals surface area contributed by atoms with Gasteiger partial charge in [0, 0.05) is 13.0 Å². The zero-order valence-electron chi connectivity index (χ0n) is 11.0. The monoisotopic (exact) mass is 238 g/mol. The first kappa shape index (κ1) is 14.0. The van der Waals surface area contributed by atoms with Gasteiger partial charge in [0.05, 0.1) is 18.8 Å². The summed E-state index contributed by atoms with van der Waals surface area (Å²) in [5.41, 5.74) is 0.868. The Morgan fingerprint density at radius 1 is 1.24 bits per heavy atom. The highest BCUT2D eigenvalue weighted by Crippen LogP contribution is 2.25. The van der Waals surface area contributed by atoms with Gasteiger partial charge < -0.3 is 14.6 Å². The van der Waals surface area contributed by atoms with Crippen LogP contribution in [0.2, 0.25) is 0 Å². The lowest BCUT2D eigenvalue weighted by Crippen LogP contribution is -2.14. The summed E-state index contributed by atoms with van der Waals surface area (Å²) in [5, 5.41) is 10.1. The standard InChI is InChI=1S/C14H22O3/c1-10(2)17-13-7-5-6-12(8-13)14(15)11(3)9-16-4/h5-8,10-11,14-15H,9H2,1-4H3. The van der Waals surface area contributed by atoms with Crippen molar-refractivity contribution >= 4 is 0 Å². The van der Waals surface area contributed by atoms with Crippen molar-refractivity contribution in [1.29, 1.82) is 0 Å². The molecular weight excluding hydrogens is 216 g/mol. The van der Waals surface area contributed by atoms with Crippen LogP contribution in [0.5, 0.6) is 5.75 Å². The van der Waals surface area contributed by atoms with E-state index in [0.717, 1.165) is 11.3 Å². The number of hydrogen-bond acceptors (Lipinski definition) is 3. The molecule has 0 fully saturated rings. The zero-order chi connectivity index (χ0) is 12.8. The molecule has 3 heteroatoms. The van der Waals surface area contributed by atoms with Crippen LogP contribution in [-0.4, -0.2) is 24.9 Å². The molecule has 0 saturated carbocycles. The predicted octanol–water partition coefficient (Wildman–Crippen LogP) is 2.79. The highest BCUT2D eigenvalue weighted by Gasteiger charge is 2.16. The third-order valence-electron chi connectivity index (χ3n) is 2.54. The van der Waals surface area contributed by atoms with Crippen molar-refractivity contribution in [2.45, 2.75) is 33.0 Å². The molecule has 17 heavy (non-hydrogen) atoms. The van der Waals surface area contributed by atoms with Crippen LogP contribution in [0.3, 0.4) is 0 Å². The highest BCUT2D eigenvalue weighted by atomic mass is 16.5. The van der Waals surface area contributed by atoms with Crippen molar-refractivity contribution in [3.8, 4) is 5.75 Å². The second-order valence-electron chi connectivity index (χ2n) is 4.62. The molecule has 0 aliphatic carbocycles. The Bertz CT molecular complexity index is 336. The number of ether oxygens (including phenoxy) is 2. The molecule has 0 saturated heterocycles. The Morgan fingerprint density at radius 3 is 2.53 bits per heavy atom. The molecule has 0 heterocycles. The molecule has 0 aliphatic rings. The molecular formula is C14H22O3. The first-order valence-corrected chi connectivity index (χ1v) is 5.98. The van der Waals surface area contributed by atoms with Gasteiger partial charge in [0.25, 0.3) is 0 Å². The molecule has 1 N–H and O–H groups in total. The van der Waals surface area contributed by atoms with Gasteiger partial charge in [-0.3, -0.25) is 0 Å². The normalized spacial score (nSPS) is 14.7. The van der Waals surface area contributed by atoms with Gasteiger partial charge in [-0.2, -0.15) is 0 Å². The van der Waals surface area contributed by atoms with Gasteiger partial charge in [-0.1, -0.05) is 19.1 Å². The van der Waals surface area contributed by atoms with Crippen LogP contribution in [-0.2, 0) is 4.74 Å². The van der Waals surface area contributed by atoms with Crippen LogP contribution in [0.15, 0.2) is 24.3 Å². The predicted molar refractivity (Wildman–Crippen MR) is 68.2 cm³/mol. The fourth-order valence-corrected chi connectivity index (χ4v) is 1.73. The third-order valence-corrected chi connectivity index (χ3v) is 2.54. The summed E-state index contributed by atoms with van der Waals surface area (Å²) >= 11 is 0. The molecule has 0 radical (unpaired) electrons. The summed E-state index contributed by atoms with van der Waals surface area (Å²) in [4.78, 5) is 0. The summed E-state index contributed by atoms with van der Waals surface area (Å²) in [6.07, 6.45) is -0.385. The number of rotatable bonds is 6. The SMILES string of the molecule is COCC(C)C(O)c1cccc(OC(C)C)c1. The van der Waals surface area contributed by atoms with E-state index >= 15 is 0 Å². The van der Waals surface area contributed by atoms with Crippen molar-refractivity contribution in [1.82, 2.24) is 0 Å². The first-order chi connectivity index (χ1) is 8.04. The average Bonchev–Trinajstić information content (AvgIpc) is 2.28. The van der Waals surface area contributed by atoms with Crippen molar-refractivity contribution in [2.75, 3.05) is 13.7 Å². The molecule has 1 aromatic rings. The Kier molecular flexibility index (Phi) is 5.45. The molecule has 2 unspecified atom stereocenters. The molecule has 1 aromatic carbocycles. The maximum Gasteiger partial charge on any atom is 0.120 e. The Balaban J connectivity index is 2.76.